The molecule has 0 amide bonds. The predicted molar refractivity (Wildman–Crippen MR) is 162 cm³/mol. The molecule has 1 aromatic carbocycles. The largest absolute Gasteiger partial charge is 0.413 e. The van der Waals surface area contributed by atoms with Gasteiger partial charge in [0.2, 0.25) is 0 Å². The molecule has 5 aromatic rings. The van der Waals surface area contributed by atoms with E-state index in [-0.39, 0.29) is 5.04 Å². The van der Waals surface area contributed by atoms with Gasteiger partial charge >= 0.3 is 0 Å². The maximum Gasteiger partial charge on any atom is 0.199 e. The maximum atomic E-state index is 6.43. The summed E-state index contributed by atoms with van der Waals surface area (Å²) in [5.74, 6) is 1.65. The van der Waals surface area contributed by atoms with E-state index >= 15 is 0 Å². The SMILES string of the molecule is CC(C)(C)[Si](C)(C)OCc1ccc(-n2c(-c3cccnc3N)nc3ccc(-c4ncn(CI)n4)nc32)cc1. The third-order valence-electron chi connectivity index (χ3n) is 7.07. The molecule has 11 heteroatoms. The van der Waals surface area contributed by atoms with Gasteiger partial charge in [0.05, 0.1) is 16.7 Å². The first-order valence-corrected chi connectivity index (χ1v) is 16.8. The Bertz CT molecular complexity index is 1590. The summed E-state index contributed by atoms with van der Waals surface area (Å²) >= 11 is 2.24. The van der Waals surface area contributed by atoms with Crippen LogP contribution in [0, 0.1) is 0 Å². The van der Waals surface area contributed by atoms with Crippen LogP contribution in [0.3, 0.4) is 0 Å². The molecular weight excluding hydrogens is 607 g/mol. The van der Waals surface area contributed by atoms with Crippen molar-refractivity contribution >= 4 is 47.9 Å². The van der Waals surface area contributed by atoms with E-state index in [1.165, 1.54) is 0 Å². The van der Waals surface area contributed by atoms with Crippen LogP contribution >= 0.6 is 22.6 Å². The van der Waals surface area contributed by atoms with E-state index in [2.05, 4.69) is 95.8 Å². The first-order valence-electron chi connectivity index (χ1n) is 12.4. The van der Waals surface area contributed by atoms with Crippen molar-refractivity contribution in [2.24, 2.45) is 0 Å². The van der Waals surface area contributed by atoms with E-state index in [0.29, 0.717) is 40.0 Å². The summed E-state index contributed by atoms with van der Waals surface area (Å²) in [6, 6.07) is 15.9. The van der Waals surface area contributed by atoms with E-state index in [0.717, 1.165) is 22.3 Å². The van der Waals surface area contributed by atoms with Crippen molar-refractivity contribution in [2.45, 2.75) is 50.1 Å². The zero-order chi connectivity index (χ0) is 27.1. The molecule has 2 N–H and O–H groups in total. The van der Waals surface area contributed by atoms with Crippen LogP contribution in [-0.4, -0.2) is 42.6 Å². The Morgan fingerprint density at radius 2 is 1.76 bits per heavy atom. The van der Waals surface area contributed by atoms with Crippen LogP contribution in [0.5, 0.6) is 0 Å². The molecule has 4 aromatic heterocycles. The van der Waals surface area contributed by atoms with Gasteiger partial charge in [-0.1, -0.05) is 55.5 Å². The highest BCUT2D eigenvalue weighted by Gasteiger charge is 2.37. The Morgan fingerprint density at radius 1 is 1.00 bits per heavy atom. The molecule has 0 spiro atoms. The Hall–Kier alpha value is -3.16. The monoisotopic (exact) mass is 638 g/mol. The summed E-state index contributed by atoms with van der Waals surface area (Å²) in [6.07, 6.45) is 3.38. The van der Waals surface area contributed by atoms with Gasteiger partial charge < -0.3 is 10.2 Å². The minimum Gasteiger partial charge on any atom is -0.413 e. The van der Waals surface area contributed by atoms with Crippen molar-refractivity contribution < 1.29 is 4.43 Å². The van der Waals surface area contributed by atoms with Gasteiger partial charge in [0.1, 0.15) is 23.4 Å². The molecule has 0 atom stereocenters. The van der Waals surface area contributed by atoms with Crippen LogP contribution < -0.4 is 5.73 Å². The smallest absolute Gasteiger partial charge is 0.199 e. The standard InChI is InChI=1S/C27H31IN8OSi/c1-27(2,3)38(4,5)37-15-18-8-10-19(11-9-18)36-25(20-7-6-14-30-23(20)29)33-22-13-12-21(32-26(22)36)24-31-17-35(16-28)34-24/h6-14,17H,15-16H2,1-5H3,(H2,29,30). The van der Waals surface area contributed by atoms with Gasteiger partial charge in [-0.25, -0.2) is 24.6 Å². The Balaban J connectivity index is 1.59. The fraction of sp³-hybridized carbons (Fsp3) is 0.296. The average Bonchev–Trinajstić information content (AvgIpc) is 3.52. The van der Waals surface area contributed by atoms with E-state index in [1.54, 1.807) is 17.2 Å². The maximum absolute atomic E-state index is 6.43. The van der Waals surface area contributed by atoms with E-state index < -0.39 is 8.32 Å². The molecule has 0 unspecified atom stereocenters. The molecule has 0 aliphatic heterocycles. The summed E-state index contributed by atoms with van der Waals surface area (Å²) < 4.78 is 10.9. The summed E-state index contributed by atoms with van der Waals surface area (Å²) in [7, 11) is -1.85. The lowest BCUT2D eigenvalue weighted by molar-refractivity contribution is 0.276. The number of imidazole rings is 1. The molecule has 5 rings (SSSR count). The summed E-state index contributed by atoms with van der Waals surface area (Å²) in [6.45, 7) is 11.9. The quantitative estimate of drug-likeness (QED) is 0.128. The van der Waals surface area contributed by atoms with Gasteiger partial charge in [-0.15, -0.1) is 5.10 Å². The topological polar surface area (TPSA) is 110 Å². The number of nitrogen functional groups attached to an aromatic ring is 1. The lowest BCUT2D eigenvalue weighted by atomic mass is 10.2. The summed E-state index contributed by atoms with van der Waals surface area (Å²) in [5, 5.41) is 4.68. The molecule has 0 aliphatic rings. The first kappa shape index (κ1) is 26.4. The van der Waals surface area contributed by atoms with Crippen LogP contribution in [0.2, 0.25) is 18.1 Å². The second kappa shape index (κ2) is 10.2. The van der Waals surface area contributed by atoms with Crippen molar-refractivity contribution in [3.63, 3.8) is 0 Å². The van der Waals surface area contributed by atoms with Gasteiger partial charge in [-0.3, -0.25) is 4.57 Å². The lowest BCUT2D eigenvalue weighted by Crippen LogP contribution is -2.40. The summed E-state index contributed by atoms with van der Waals surface area (Å²) in [4.78, 5) is 18.6. The van der Waals surface area contributed by atoms with Crippen LogP contribution in [-0.2, 0) is 15.6 Å². The zero-order valence-corrected chi connectivity index (χ0v) is 25.3. The lowest BCUT2D eigenvalue weighted by Gasteiger charge is -2.36. The molecule has 0 saturated heterocycles. The Morgan fingerprint density at radius 3 is 2.42 bits per heavy atom. The molecule has 0 bridgehead atoms. The molecule has 38 heavy (non-hydrogen) atoms. The third kappa shape index (κ3) is 5.09. The Kier molecular flexibility index (Phi) is 7.09. The van der Waals surface area contributed by atoms with Crippen LogP contribution in [0.1, 0.15) is 26.3 Å². The average molecular weight is 639 g/mol. The molecule has 196 valence electrons. The second-order valence-corrected chi connectivity index (χ2v) is 16.2. The minimum atomic E-state index is -1.85. The van der Waals surface area contributed by atoms with Gasteiger partial charge in [0, 0.05) is 11.9 Å². The molecule has 0 fully saturated rings. The number of aromatic nitrogens is 7. The van der Waals surface area contributed by atoms with Gasteiger partial charge in [0.25, 0.3) is 0 Å². The third-order valence-corrected chi connectivity index (χ3v) is 12.2. The molecular formula is C27H31IN8OSi. The van der Waals surface area contributed by atoms with Crippen molar-refractivity contribution in [1.29, 1.82) is 0 Å². The highest BCUT2D eigenvalue weighted by Crippen LogP contribution is 2.37. The van der Waals surface area contributed by atoms with Crippen molar-refractivity contribution in [3.05, 3.63) is 66.6 Å². The number of hydrogen-bond donors (Lipinski definition) is 1. The molecule has 9 nitrogen and oxygen atoms in total. The van der Waals surface area contributed by atoms with Gasteiger partial charge in [0.15, 0.2) is 25.6 Å². The number of nitrogens with two attached hydrogens (primary N) is 1. The number of nitrogens with zero attached hydrogens (tertiary/aromatic N) is 7. The number of rotatable bonds is 7. The molecule has 0 aliphatic carbocycles. The molecule has 4 heterocycles. The highest BCUT2D eigenvalue weighted by atomic mass is 127. The Labute approximate surface area is 236 Å². The summed E-state index contributed by atoms with van der Waals surface area (Å²) in [5.41, 5.74) is 11.2. The van der Waals surface area contributed by atoms with Gasteiger partial charge in [-0.2, -0.15) is 0 Å². The normalized spacial score (nSPS) is 12.4. The first-order chi connectivity index (χ1) is 18.1. The van der Waals surface area contributed by atoms with E-state index in [1.807, 2.05) is 28.8 Å². The van der Waals surface area contributed by atoms with Crippen molar-refractivity contribution in [2.75, 3.05) is 5.73 Å². The van der Waals surface area contributed by atoms with E-state index in [9.17, 15) is 0 Å². The number of fused-ring (bicyclic) bond motifs is 1. The number of benzene rings is 1. The van der Waals surface area contributed by atoms with Crippen LogP contribution in [0.25, 0.3) is 39.8 Å². The van der Waals surface area contributed by atoms with E-state index in [4.69, 9.17) is 20.1 Å². The van der Waals surface area contributed by atoms with Crippen LogP contribution in [0.4, 0.5) is 5.82 Å². The molecule has 0 saturated carbocycles. The van der Waals surface area contributed by atoms with Crippen LogP contribution in [0.15, 0.2) is 61.1 Å². The van der Waals surface area contributed by atoms with Gasteiger partial charge in [-0.05, 0) is 60.1 Å². The molecule has 0 radical (unpaired) electrons. The number of halogens is 1. The number of hydrogen-bond acceptors (Lipinski definition) is 7. The highest BCUT2D eigenvalue weighted by molar-refractivity contribution is 14.1. The number of anilines is 1. The zero-order valence-electron chi connectivity index (χ0n) is 22.2. The number of pyridine rings is 2. The second-order valence-electron chi connectivity index (χ2n) is 10.7. The fourth-order valence-corrected chi connectivity index (χ4v) is 5.09. The fourth-order valence-electron chi connectivity index (χ4n) is 3.80. The van der Waals surface area contributed by atoms with Crippen molar-refractivity contribution in [1.82, 2.24) is 34.3 Å². The minimum absolute atomic E-state index is 0.159. The predicted octanol–water partition coefficient (Wildman–Crippen LogP) is 6.24. The number of alkyl halides is 1. The van der Waals surface area contributed by atoms with Crippen molar-refractivity contribution in [3.8, 4) is 28.6 Å².